The Morgan fingerprint density at radius 3 is 2.54 bits per heavy atom. The van der Waals surface area contributed by atoms with Crippen molar-refractivity contribution in [3.63, 3.8) is 0 Å². The Hall–Kier alpha value is -3.32. The molecule has 0 aromatic heterocycles. The molecule has 3 aromatic carbocycles. The van der Waals surface area contributed by atoms with Gasteiger partial charge in [-0.3, -0.25) is 15.0 Å². The number of nitrogens with zero attached hydrogens (tertiary/aromatic N) is 1. The van der Waals surface area contributed by atoms with Gasteiger partial charge in [0, 0.05) is 21.3 Å². The number of carbonyl (C=O) groups is 2. The molecule has 1 aliphatic rings. The number of carbonyl (C=O) groups excluding carboxylic acids is 2. The Kier molecular flexibility index (Phi) is 4.75. The first-order valence-corrected chi connectivity index (χ1v) is 9.37. The molecule has 0 radical (unpaired) electrons. The molecule has 28 heavy (non-hydrogen) atoms. The van der Waals surface area contributed by atoms with Crippen molar-refractivity contribution in [2.24, 2.45) is 0 Å². The van der Waals surface area contributed by atoms with Crippen molar-refractivity contribution in [3.05, 3.63) is 94.0 Å². The quantitative estimate of drug-likeness (QED) is 0.576. The lowest BCUT2D eigenvalue weighted by molar-refractivity contribution is 0.0488. The lowest BCUT2D eigenvalue weighted by atomic mass is 10.0. The predicted octanol–water partition coefficient (Wildman–Crippen LogP) is 4.07. The van der Waals surface area contributed by atoms with E-state index >= 15 is 0 Å². The van der Waals surface area contributed by atoms with Crippen molar-refractivity contribution < 1.29 is 14.7 Å². The van der Waals surface area contributed by atoms with Gasteiger partial charge >= 0.3 is 0 Å². The van der Waals surface area contributed by atoms with Crippen LogP contribution >= 0.6 is 15.9 Å². The second-order valence-electron chi connectivity index (χ2n) is 6.28. The van der Waals surface area contributed by atoms with E-state index in [4.69, 9.17) is 0 Å². The molecule has 3 aromatic rings. The number of halogens is 1. The number of benzene rings is 3. The molecule has 6 nitrogen and oxygen atoms in total. The number of phenolic OH excluding ortho intramolecular Hbond substituents is 1. The summed E-state index contributed by atoms with van der Waals surface area (Å²) >= 11 is 3.39. The molecule has 0 fully saturated rings. The summed E-state index contributed by atoms with van der Waals surface area (Å²) in [6, 6.07) is 20.6. The van der Waals surface area contributed by atoms with Crippen LogP contribution in [-0.2, 0) is 0 Å². The summed E-state index contributed by atoms with van der Waals surface area (Å²) in [6.45, 7) is 0. The molecule has 7 heteroatoms. The van der Waals surface area contributed by atoms with E-state index in [1.54, 1.807) is 54.6 Å². The van der Waals surface area contributed by atoms with E-state index in [0.29, 0.717) is 22.4 Å². The van der Waals surface area contributed by atoms with Gasteiger partial charge in [-0.15, -0.1) is 0 Å². The highest BCUT2D eigenvalue weighted by atomic mass is 79.9. The minimum atomic E-state index is -0.785. The molecule has 3 N–H and O–H groups in total. The number of amides is 2. The number of para-hydroxylation sites is 1. The summed E-state index contributed by atoms with van der Waals surface area (Å²) in [5, 5.41) is 14.8. The van der Waals surface area contributed by atoms with Crippen molar-refractivity contribution in [3.8, 4) is 5.75 Å². The van der Waals surface area contributed by atoms with Gasteiger partial charge in [-0.2, -0.15) is 0 Å². The Morgan fingerprint density at radius 1 is 1.04 bits per heavy atom. The second-order valence-corrected chi connectivity index (χ2v) is 7.19. The third-order valence-corrected chi connectivity index (χ3v) is 4.96. The number of phenols is 1. The molecule has 0 aliphatic carbocycles. The molecule has 0 saturated heterocycles. The molecular formula is C21H16BrN3O3. The fourth-order valence-corrected chi connectivity index (χ4v) is 3.47. The molecule has 1 unspecified atom stereocenters. The van der Waals surface area contributed by atoms with Crippen LogP contribution in [0.1, 0.15) is 32.4 Å². The van der Waals surface area contributed by atoms with E-state index in [1.807, 2.05) is 12.1 Å². The Balaban J connectivity index is 1.76. The molecule has 140 valence electrons. The molecule has 0 spiro atoms. The number of anilines is 1. The third-order valence-electron chi connectivity index (χ3n) is 4.47. The monoisotopic (exact) mass is 437 g/mol. The van der Waals surface area contributed by atoms with Gasteiger partial charge < -0.3 is 10.4 Å². The average Bonchev–Trinajstić information content (AvgIpc) is 2.72. The summed E-state index contributed by atoms with van der Waals surface area (Å²) < 4.78 is 0.739. The maximum absolute atomic E-state index is 13.1. The van der Waals surface area contributed by atoms with Crippen LogP contribution in [0, 0.1) is 0 Å². The van der Waals surface area contributed by atoms with Crippen LogP contribution in [0.5, 0.6) is 5.75 Å². The number of fused-ring (bicyclic) bond motifs is 1. The fraction of sp³-hybridized carbons (Fsp3) is 0.0476. The highest BCUT2D eigenvalue weighted by molar-refractivity contribution is 9.10. The summed E-state index contributed by atoms with van der Waals surface area (Å²) in [7, 11) is 0. The number of hydrogen-bond acceptors (Lipinski definition) is 4. The lowest BCUT2D eigenvalue weighted by Gasteiger charge is -2.38. The maximum atomic E-state index is 13.1. The number of aromatic hydroxyl groups is 1. The topological polar surface area (TPSA) is 81.7 Å². The third kappa shape index (κ3) is 3.32. The first kappa shape index (κ1) is 18.1. The lowest BCUT2D eigenvalue weighted by Crippen LogP contribution is -2.52. The van der Waals surface area contributed by atoms with E-state index in [9.17, 15) is 14.7 Å². The van der Waals surface area contributed by atoms with Crippen LogP contribution in [0.25, 0.3) is 0 Å². The molecule has 0 bridgehead atoms. The van der Waals surface area contributed by atoms with Crippen LogP contribution in [0.4, 0.5) is 5.69 Å². The van der Waals surface area contributed by atoms with Crippen molar-refractivity contribution in [2.45, 2.75) is 6.17 Å². The van der Waals surface area contributed by atoms with Crippen LogP contribution in [0.3, 0.4) is 0 Å². The van der Waals surface area contributed by atoms with Gasteiger partial charge in [-0.25, -0.2) is 5.01 Å². The molecule has 4 rings (SSSR count). The zero-order valence-electron chi connectivity index (χ0n) is 14.6. The fourth-order valence-electron chi connectivity index (χ4n) is 3.09. The smallest absolute Gasteiger partial charge is 0.276 e. The van der Waals surface area contributed by atoms with Gasteiger partial charge in [0.25, 0.3) is 11.8 Å². The number of hydrogen-bond donors (Lipinski definition) is 3. The van der Waals surface area contributed by atoms with Crippen LogP contribution in [-0.4, -0.2) is 21.9 Å². The largest absolute Gasteiger partial charge is 0.508 e. The minimum Gasteiger partial charge on any atom is -0.508 e. The van der Waals surface area contributed by atoms with Crippen molar-refractivity contribution in [1.82, 2.24) is 10.4 Å². The van der Waals surface area contributed by atoms with E-state index in [2.05, 4.69) is 26.7 Å². The standard InChI is InChI=1S/C21H16BrN3O3/c22-14-10-11-18(26)16(12-14)19-23-17-9-5-4-8-15(17)21(28)25(19)24-20(27)13-6-2-1-3-7-13/h1-12,19,23,26H,(H,24,27). The zero-order chi connectivity index (χ0) is 19.7. The normalized spacial score (nSPS) is 15.5. The van der Waals surface area contributed by atoms with E-state index < -0.39 is 12.1 Å². The number of nitrogens with one attached hydrogen (secondary N) is 2. The van der Waals surface area contributed by atoms with Gasteiger partial charge in [0.05, 0.1) is 5.56 Å². The Labute approximate surface area is 169 Å². The van der Waals surface area contributed by atoms with Crippen LogP contribution in [0.2, 0.25) is 0 Å². The van der Waals surface area contributed by atoms with Gasteiger partial charge in [-0.1, -0.05) is 46.3 Å². The highest BCUT2D eigenvalue weighted by Crippen LogP contribution is 2.36. The molecule has 0 saturated carbocycles. The van der Waals surface area contributed by atoms with E-state index in [-0.39, 0.29) is 11.7 Å². The summed E-state index contributed by atoms with van der Waals surface area (Å²) in [4.78, 5) is 25.8. The Morgan fingerprint density at radius 2 is 1.75 bits per heavy atom. The first-order chi connectivity index (χ1) is 13.5. The summed E-state index contributed by atoms with van der Waals surface area (Å²) in [6.07, 6.45) is -0.785. The van der Waals surface area contributed by atoms with Crippen molar-refractivity contribution in [1.29, 1.82) is 0 Å². The molecule has 2 amide bonds. The molecule has 1 aliphatic heterocycles. The van der Waals surface area contributed by atoms with Crippen molar-refractivity contribution in [2.75, 3.05) is 5.32 Å². The minimum absolute atomic E-state index is 0.00633. The SMILES string of the molecule is O=C(NN1C(=O)c2ccccc2NC1c1cc(Br)ccc1O)c1ccccc1. The zero-order valence-corrected chi connectivity index (χ0v) is 16.2. The second kappa shape index (κ2) is 7.36. The van der Waals surface area contributed by atoms with E-state index in [0.717, 1.165) is 4.47 Å². The maximum Gasteiger partial charge on any atom is 0.276 e. The van der Waals surface area contributed by atoms with Gasteiger partial charge in [0.2, 0.25) is 0 Å². The first-order valence-electron chi connectivity index (χ1n) is 8.58. The highest BCUT2D eigenvalue weighted by Gasteiger charge is 2.35. The molecular weight excluding hydrogens is 422 g/mol. The van der Waals surface area contributed by atoms with Gasteiger partial charge in [0.1, 0.15) is 5.75 Å². The average molecular weight is 438 g/mol. The van der Waals surface area contributed by atoms with Gasteiger partial charge in [0.15, 0.2) is 6.17 Å². The summed E-state index contributed by atoms with van der Waals surface area (Å²) in [5.74, 6) is -0.788. The Bertz CT molecular complexity index is 1060. The van der Waals surface area contributed by atoms with Crippen LogP contribution in [0.15, 0.2) is 77.3 Å². The van der Waals surface area contributed by atoms with Crippen LogP contribution < -0.4 is 10.7 Å². The molecule has 1 atom stereocenters. The van der Waals surface area contributed by atoms with E-state index in [1.165, 1.54) is 11.1 Å². The summed E-state index contributed by atoms with van der Waals surface area (Å²) in [5.41, 5.74) is 4.61. The number of hydrazine groups is 1. The number of rotatable bonds is 3. The van der Waals surface area contributed by atoms with Crippen molar-refractivity contribution >= 4 is 33.4 Å². The van der Waals surface area contributed by atoms with Gasteiger partial charge in [-0.05, 0) is 42.5 Å². The predicted molar refractivity (Wildman–Crippen MR) is 109 cm³/mol. The molecule has 1 heterocycles.